The van der Waals surface area contributed by atoms with Gasteiger partial charge in [-0.05, 0) is 18.6 Å². The summed E-state index contributed by atoms with van der Waals surface area (Å²) in [6.45, 7) is 5.77. The Bertz CT molecular complexity index is 300. The fraction of sp³-hybridized carbons (Fsp3) is 0.846. The fourth-order valence-corrected chi connectivity index (χ4v) is 2.62. The summed E-state index contributed by atoms with van der Waals surface area (Å²) in [6.07, 6.45) is 3.56. The molecule has 0 aromatic rings. The standard InChI is InChI=1S/C13H26N2O3S/c1-6-9(3)11(12(16)17)14-13(18)15(4)10(7-2)8-19-5/h9-11H,6-8H2,1-5H3,(H,14,18)(H,16,17)/t9?,10?,11-/m0/s1. The van der Waals surface area contributed by atoms with Gasteiger partial charge < -0.3 is 15.3 Å². The molecule has 0 fully saturated rings. The molecule has 0 aromatic carbocycles. The van der Waals surface area contributed by atoms with Crippen molar-refractivity contribution in [3.63, 3.8) is 0 Å². The van der Waals surface area contributed by atoms with Crippen molar-refractivity contribution in [3.05, 3.63) is 0 Å². The van der Waals surface area contributed by atoms with Gasteiger partial charge in [0.15, 0.2) is 0 Å². The van der Waals surface area contributed by atoms with Crippen LogP contribution < -0.4 is 5.32 Å². The SMILES string of the molecule is CCC(C)[C@H](NC(=O)N(C)C(CC)CSC)C(=O)O. The van der Waals surface area contributed by atoms with Crippen LogP contribution in [-0.2, 0) is 4.79 Å². The van der Waals surface area contributed by atoms with E-state index in [9.17, 15) is 9.59 Å². The first-order valence-electron chi connectivity index (χ1n) is 6.63. The number of hydrogen-bond acceptors (Lipinski definition) is 3. The number of thioether (sulfide) groups is 1. The van der Waals surface area contributed by atoms with Crippen molar-refractivity contribution in [1.82, 2.24) is 10.2 Å². The van der Waals surface area contributed by atoms with Crippen molar-refractivity contribution >= 4 is 23.8 Å². The highest BCUT2D eigenvalue weighted by atomic mass is 32.2. The number of amides is 2. The van der Waals surface area contributed by atoms with E-state index < -0.39 is 12.0 Å². The Balaban J connectivity index is 4.67. The molecule has 0 bridgehead atoms. The Hall–Kier alpha value is -0.910. The van der Waals surface area contributed by atoms with Crippen LogP contribution in [0.25, 0.3) is 0 Å². The second kappa shape index (κ2) is 9.07. The number of hydrogen-bond donors (Lipinski definition) is 2. The van der Waals surface area contributed by atoms with E-state index in [1.54, 1.807) is 23.7 Å². The summed E-state index contributed by atoms with van der Waals surface area (Å²) in [5.41, 5.74) is 0. The minimum atomic E-state index is -0.978. The maximum Gasteiger partial charge on any atom is 0.326 e. The summed E-state index contributed by atoms with van der Waals surface area (Å²) in [5.74, 6) is -0.217. The van der Waals surface area contributed by atoms with E-state index in [1.807, 2.05) is 27.0 Å². The van der Waals surface area contributed by atoms with Gasteiger partial charge in [0, 0.05) is 18.8 Å². The molecule has 0 aromatic heterocycles. The summed E-state index contributed by atoms with van der Waals surface area (Å²) in [4.78, 5) is 24.9. The van der Waals surface area contributed by atoms with Crippen molar-refractivity contribution in [3.8, 4) is 0 Å². The lowest BCUT2D eigenvalue weighted by Crippen LogP contribution is -2.52. The highest BCUT2D eigenvalue weighted by Crippen LogP contribution is 2.11. The summed E-state index contributed by atoms with van der Waals surface area (Å²) in [5, 5.41) is 11.8. The summed E-state index contributed by atoms with van der Waals surface area (Å²) < 4.78 is 0. The number of aliphatic carboxylic acids is 1. The molecule has 0 aliphatic heterocycles. The second-order valence-corrected chi connectivity index (χ2v) is 5.69. The Morgan fingerprint density at radius 2 is 1.89 bits per heavy atom. The average Bonchev–Trinajstić information content (AvgIpc) is 2.39. The first kappa shape index (κ1) is 18.1. The molecule has 2 amide bonds. The van der Waals surface area contributed by atoms with Crippen molar-refractivity contribution in [1.29, 1.82) is 0 Å². The third-order valence-corrected chi connectivity index (χ3v) is 4.17. The summed E-state index contributed by atoms with van der Waals surface area (Å²) in [7, 11) is 1.72. The zero-order chi connectivity index (χ0) is 15.0. The van der Waals surface area contributed by atoms with E-state index in [0.717, 1.165) is 12.2 Å². The molecule has 0 aliphatic rings. The Labute approximate surface area is 120 Å². The van der Waals surface area contributed by atoms with E-state index in [2.05, 4.69) is 5.32 Å². The molecule has 5 nitrogen and oxygen atoms in total. The van der Waals surface area contributed by atoms with Crippen LogP contribution in [0.5, 0.6) is 0 Å². The largest absolute Gasteiger partial charge is 0.480 e. The first-order valence-corrected chi connectivity index (χ1v) is 8.03. The fourth-order valence-electron chi connectivity index (χ4n) is 1.78. The minimum Gasteiger partial charge on any atom is -0.480 e. The lowest BCUT2D eigenvalue weighted by atomic mass is 9.99. The minimum absolute atomic E-state index is 0.0875. The van der Waals surface area contributed by atoms with Crippen molar-refractivity contribution in [2.24, 2.45) is 5.92 Å². The van der Waals surface area contributed by atoms with Crippen LogP contribution in [0.2, 0.25) is 0 Å². The summed E-state index contributed by atoms with van der Waals surface area (Å²) >= 11 is 1.68. The normalized spacial score (nSPS) is 15.4. The number of urea groups is 1. The van der Waals surface area contributed by atoms with Gasteiger partial charge in [0.2, 0.25) is 0 Å². The molecular weight excluding hydrogens is 264 g/mol. The van der Waals surface area contributed by atoms with Gasteiger partial charge in [-0.2, -0.15) is 11.8 Å². The van der Waals surface area contributed by atoms with Crippen LogP contribution >= 0.6 is 11.8 Å². The molecule has 19 heavy (non-hydrogen) atoms. The maximum absolute atomic E-state index is 12.1. The first-order chi connectivity index (χ1) is 8.88. The van der Waals surface area contributed by atoms with Crippen LogP contribution in [-0.4, -0.2) is 53.1 Å². The molecule has 0 saturated carbocycles. The van der Waals surface area contributed by atoms with Gasteiger partial charge >= 0.3 is 12.0 Å². The van der Waals surface area contributed by atoms with E-state index in [1.165, 1.54) is 0 Å². The van der Waals surface area contributed by atoms with Gasteiger partial charge in [0.25, 0.3) is 0 Å². The van der Waals surface area contributed by atoms with Crippen molar-refractivity contribution in [2.75, 3.05) is 19.1 Å². The third kappa shape index (κ3) is 5.72. The Morgan fingerprint density at radius 3 is 2.26 bits per heavy atom. The van der Waals surface area contributed by atoms with Gasteiger partial charge in [0.05, 0.1) is 0 Å². The number of carbonyl (C=O) groups excluding carboxylic acids is 1. The van der Waals surface area contributed by atoms with Crippen LogP contribution in [0.15, 0.2) is 0 Å². The van der Waals surface area contributed by atoms with E-state index in [-0.39, 0.29) is 18.0 Å². The van der Waals surface area contributed by atoms with E-state index in [0.29, 0.717) is 6.42 Å². The highest BCUT2D eigenvalue weighted by Gasteiger charge is 2.28. The molecule has 0 spiro atoms. The molecule has 0 radical (unpaired) electrons. The van der Waals surface area contributed by atoms with Gasteiger partial charge in [0.1, 0.15) is 6.04 Å². The number of carboxylic acids is 1. The molecule has 6 heteroatoms. The quantitative estimate of drug-likeness (QED) is 0.719. The average molecular weight is 290 g/mol. The third-order valence-electron chi connectivity index (χ3n) is 3.46. The van der Waals surface area contributed by atoms with E-state index >= 15 is 0 Å². The Morgan fingerprint density at radius 1 is 1.32 bits per heavy atom. The van der Waals surface area contributed by atoms with Gasteiger partial charge in [-0.15, -0.1) is 0 Å². The highest BCUT2D eigenvalue weighted by molar-refractivity contribution is 7.98. The van der Waals surface area contributed by atoms with Gasteiger partial charge in [-0.25, -0.2) is 9.59 Å². The van der Waals surface area contributed by atoms with Gasteiger partial charge in [-0.1, -0.05) is 27.2 Å². The topological polar surface area (TPSA) is 69.6 Å². The van der Waals surface area contributed by atoms with Crippen LogP contribution in [0.1, 0.15) is 33.6 Å². The molecule has 2 unspecified atom stereocenters. The van der Waals surface area contributed by atoms with Crippen LogP contribution in [0, 0.1) is 5.92 Å². The lowest BCUT2D eigenvalue weighted by Gasteiger charge is -2.29. The molecule has 0 heterocycles. The smallest absolute Gasteiger partial charge is 0.326 e. The number of carbonyl (C=O) groups is 2. The van der Waals surface area contributed by atoms with Gasteiger partial charge in [-0.3, -0.25) is 0 Å². The van der Waals surface area contributed by atoms with Crippen molar-refractivity contribution < 1.29 is 14.7 Å². The zero-order valence-electron chi connectivity index (χ0n) is 12.5. The lowest BCUT2D eigenvalue weighted by molar-refractivity contribution is -0.140. The van der Waals surface area contributed by atoms with E-state index in [4.69, 9.17) is 5.11 Å². The molecule has 0 aliphatic carbocycles. The number of carboxylic acid groups (broad SMARTS) is 1. The second-order valence-electron chi connectivity index (χ2n) is 4.78. The Kier molecular flexibility index (Phi) is 8.63. The zero-order valence-corrected chi connectivity index (χ0v) is 13.3. The predicted molar refractivity (Wildman–Crippen MR) is 79.6 cm³/mol. The van der Waals surface area contributed by atoms with Crippen LogP contribution in [0.3, 0.4) is 0 Å². The molecule has 0 rings (SSSR count). The summed E-state index contributed by atoms with van der Waals surface area (Å²) in [6, 6.07) is -1.01. The molecule has 0 saturated heterocycles. The predicted octanol–water partition coefficient (Wildman–Crippen LogP) is 2.27. The number of nitrogens with one attached hydrogen (secondary N) is 1. The monoisotopic (exact) mass is 290 g/mol. The van der Waals surface area contributed by atoms with Crippen LogP contribution in [0.4, 0.5) is 4.79 Å². The number of rotatable bonds is 8. The number of nitrogens with zero attached hydrogens (tertiary/aromatic N) is 1. The molecular formula is C13H26N2O3S. The molecule has 2 N–H and O–H groups in total. The molecule has 3 atom stereocenters. The molecule has 112 valence electrons. The van der Waals surface area contributed by atoms with Crippen molar-refractivity contribution in [2.45, 2.75) is 45.7 Å². The maximum atomic E-state index is 12.1.